The van der Waals surface area contributed by atoms with E-state index < -0.39 is 29.0 Å². The highest BCUT2D eigenvalue weighted by Crippen LogP contribution is 2.42. The SMILES string of the molecule is Cc1ccc(C2(c3c(F)cc(O)cc3F)C=CN=N2)cc1CNC(=O)O. The smallest absolute Gasteiger partial charge is 0.404 e. The van der Waals surface area contributed by atoms with Crippen molar-refractivity contribution in [1.29, 1.82) is 0 Å². The molecule has 3 N–H and O–H groups in total. The highest BCUT2D eigenvalue weighted by molar-refractivity contribution is 5.64. The van der Waals surface area contributed by atoms with E-state index in [-0.39, 0.29) is 12.1 Å². The average Bonchev–Trinajstić information content (AvgIpc) is 3.03. The number of aryl methyl sites for hydroxylation is 1. The molecule has 134 valence electrons. The Bertz CT molecular complexity index is 906. The van der Waals surface area contributed by atoms with Crippen LogP contribution in [0.2, 0.25) is 0 Å². The summed E-state index contributed by atoms with van der Waals surface area (Å²) in [6, 6.07) is 6.62. The zero-order chi connectivity index (χ0) is 18.9. The van der Waals surface area contributed by atoms with Crippen molar-refractivity contribution in [1.82, 2.24) is 5.32 Å². The molecule has 0 radical (unpaired) electrons. The second-order valence-electron chi connectivity index (χ2n) is 5.88. The van der Waals surface area contributed by atoms with E-state index in [2.05, 4.69) is 15.5 Å². The van der Waals surface area contributed by atoms with Gasteiger partial charge in [-0.2, -0.15) is 10.2 Å². The Morgan fingerprint density at radius 1 is 1.23 bits per heavy atom. The Kier molecular flexibility index (Phi) is 4.41. The summed E-state index contributed by atoms with van der Waals surface area (Å²) in [4.78, 5) is 10.8. The van der Waals surface area contributed by atoms with E-state index in [0.29, 0.717) is 11.1 Å². The van der Waals surface area contributed by atoms with Crippen molar-refractivity contribution in [2.24, 2.45) is 10.2 Å². The number of carboxylic acid groups (broad SMARTS) is 1. The molecule has 0 saturated carbocycles. The number of carbonyl (C=O) groups is 1. The zero-order valence-electron chi connectivity index (χ0n) is 13.7. The number of rotatable bonds is 4. The van der Waals surface area contributed by atoms with Crippen LogP contribution in [0.1, 0.15) is 22.3 Å². The van der Waals surface area contributed by atoms with Crippen molar-refractivity contribution >= 4 is 6.09 Å². The van der Waals surface area contributed by atoms with Crippen LogP contribution in [0.25, 0.3) is 0 Å². The van der Waals surface area contributed by atoms with Crippen LogP contribution < -0.4 is 5.32 Å². The molecule has 1 unspecified atom stereocenters. The standard InChI is InChI=1S/C18H15F2N3O3/c1-10-2-3-12(6-11(10)9-21-17(25)26)18(4-5-22-23-18)16-14(19)7-13(24)8-15(16)20/h2-8,21,24H,9H2,1H3,(H,25,26). The first-order valence-electron chi connectivity index (χ1n) is 7.68. The van der Waals surface area contributed by atoms with E-state index in [1.807, 2.05) is 0 Å². The van der Waals surface area contributed by atoms with Gasteiger partial charge in [0, 0.05) is 24.9 Å². The number of phenolic OH excluding ortho intramolecular Hbond substituents is 1. The molecule has 0 aliphatic carbocycles. The molecule has 1 aliphatic rings. The van der Waals surface area contributed by atoms with Gasteiger partial charge in [0.1, 0.15) is 17.4 Å². The van der Waals surface area contributed by atoms with Gasteiger partial charge in [0.25, 0.3) is 0 Å². The molecular weight excluding hydrogens is 344 g/mol. The lowest BCUT2D eigenvalue weighted by molar-refractivity contribution is 0.194. The third kappa shape index (κ3) is 3.01. The maximum atomic E-state index is 14.5. The van der Waals surface area contributed by atoms with Crippen molar-refractivity contribution in [3.63, 3.8) is 0 Å². The third-order valence-electron chi connectivity index (χ3n) is 4.23. The summed E-state index contributed by atoms with van der Waals surface area (Å²) in [5.41, 5.74) is -0.0317. The van der Waals surface area contributed by atoms with Crippen molar-refractivity contribution in [3.05, 3.63) is 76.5 Å². The average molecular weight is 359 g/mol. The van der Waals surface area contributed by atoms with Crippen LogP contribution >= 0.6 is 0 Å². The van der Waals surface area contributed by atoms with Gasteiger partial charge in [0.2, 0.25) is 0 Å². The Morgan fingerprint density at radius 2 is 1.92 bits per heavy atom. The molecule has 1 amide bonds. The maximum Gasteiger partial charge on any atom is 0.404 e. The van der Waals surface area contributed by atoms with Gasteiger partial charge in [-0.05, 0) is 29.7 Å². The highest BCUT2D eigenvalue weighted by Gasteiger charge is 2.40. The topological polar surface area (TPSA) is 94.3 Å². The molecule has 1 heterocycles. The highest BCUT2D eigenvalue weighted by atomic mass is 19.1. The van der Waals surface area contributed by atoms with Crippen LogP contribution in [-0.4, -0.2) is 16.3 Å². The number of phenols is 1. The summed E-state index contributed by atoms with van der Waals surface area (Å²) in [5, 5.41) is 28.3. The van der Waals surface area contributed by atoms with E-state index in [9.17, 15) is 18.7 Å². The van der Waals surface area contributed by atoms with Gasteiger partial charge >= 0.3 is 6.09 Å². The third-order valence-corrected chi connectivity index (χ3v) is 4.23. The van der Waals surface area contributed by atoms with Gasteiger partial charge in [-0.15, -0.1) is 0 Å². The second kappa shape index (κ2) is 6.55. The molecule has 26 heavy (non-hydrogen) atoms. The summed E-state index contributed by atoms with van der Waals surface area (Å²) >= 11 is 0. The van der Waals surface area contributed by atoms with Gasteiger partial charge in [0.15, 0.2) is 5.54 Å². The number of nitrogens with zero attached hydrogens (tertiary/aromatic N) is 2. The molecule has 0 aromatic heterocycles. The van der Waals surface area contributed by atoms with Crippen LogP contribution in [0, 0.1) is 18.6 Å². The Balaban J connectivity index is 2.16. The van der Waals surface area contributed by atoms with Crippen LogP contribution in [0.15, 0.2) is 52.8 Å². The summed E-state index contributed by atoms with van der Waals surface area (Å²) in [5.74, 6) is -2.45. The number of nitrogens with one attached hydrogen (secondary N) is 1. The van der Waals surface area contributed by atoms with E-state index in [1.165, 1.54) is 12.3 Å². The monoisotopic (exact) mass is 359 g/mol. The number of aromatic hydroxyl groups is 1. The number of azo groups is 1. The number of amides is 1. The fourth-order valence-corrected chi connectivity index (χ4v) is 2.92. The lowest BCUT2D eigenvalue weighted by Crippen LogP contribution is -2.25. The molecule has 0 bridgehead atoms. The largest absolute Gasteiger partial charge is 0.508 e. The first kappa shape index (κ1) is 17.5. The van der Waals surface area contributed by atoms with Crippen molar-refractivity contribution in [2.45, 2.75) is 19.0 Å². The van der Waals surface area contributed by atoms with Crippen LogP contribution in [0.4, 0.5) is 13.6 Å². The normalized spacial score (nSPS) is 18.3. The Morgan fingerprint density at radius 3 is 2.50 bits per heavy atom. The Hall–Kier alpha value is -3.29. The molecular formula is C18H15F2N3O3. The minimum atomic E-state index is -1.53. The summed E-state index contributed by atoms with van der Waals surface area (Å²) in [6.45, 7) is 1.83. The predicted octanol–water partition coefficient (Wildman–Crippen LogP) is 3.97. The molecule has 2 aromatic rings. The van der Waals surface area contributed by atoms with Crippen LogP contribution in [0.5, 0.6) is 5.75 Å². The Labute approximate surface area is 147 Å². The summed E-state index contributed by atoms with van der Waals surface area (Å²) in [6.07, 6.45) is 1.60. The molecule has 1 aliphatic heterocycles. The fraction of sp³-hybridized carbons (Fsp3) is 0.167. The molecule has 2 aromatic carbocycles. The van der Waals surface area contributed by atoms with Gasteiger partial charge in [-0.25, -0.2) is 13.6 Å². The predicted molar refractivity (Wildman–Crippen MR) is 88.8 cm³/mol. The first-order chi connectivity index (χ1) is 12.3. The van der Waals surface area contributed by atoms with E-state index in [4.69, 9.17) is 5.11 Å². The lowest BCUT2D eigenvalue weighted by atomic mass is 9.82. The molecule has 8 heteroatoms. The lowest BCUT2D eigenvalue weighted by Gasteiger charge is -2.26. The molecule has 1 atom stereocenters. The summed E-state index contributed by atoms with van der Waals surface area (Å²) in [7, 11) is 0. The number of hydrogen-bond donors (Lipinski definition) is 3. The molecule has 0 fully saturated rings. The second-order valence-corrected chi connectivity index (χ2v) is 5.88. The van der Waals surface area contributed by atoms with Crippen molar-refractivity contribution in [3.8, 4) is 5.75 Å². The minimum absolute atomic E-state index is 0.0342. The molecule has 0 saturated heterocycles. The summed E-state index contributed by atoms with van der Waals surface area (Å²) < 4.78 is 29.0. The van der Waals surface area contributed by atoms with E-state index in [0.717, 1.165) is 17.7 Å². The maximum absolute atomic E-state index is 14.5. The molecule has 6 nitrogen and oxygen atoms in total. The minimum Gasteiger partial charge on any atom is -0.508 e. The van der Waals surface area contributed by atoms with Crippen molar-refractivity contribution in [2.75, 3.05) is 0 Å². The number of halogens is 2. The van der Waals surface area contributed by atoms with Gasteiger partial charge < -0.3 is 15.5 Å². The van der Waals surface area contributed by atoms with E-state index in [1.54, 1.807) is 25.1 Å². The van der Waals surface area contributed by atoms with Gasteiger partial charge in [-0.3, -0.25) is 0 Å². The van der Waals surface area contributed by atoms with Crippen molar-refractivity contribution < 1.29 is 23.8 Å². The number of benzene rings is 2. The van der Waals surface area contributed by atoms with Gasteiger partial charge in [0.05, 0.1) is 5.56 Å². The zero-order valence-corrected chi connectivity index (χ0v) is 13.7. The van der Waals surface area contributed by atoms with Crippen LogP contribution in [-0.2, 0) is 12.1 Å². The quantitative estimate of drug-likeness (QED) is 0.771. The van der Waals surface area contributed by atoms with Gasteiger partial charge in [-0.1, -0.05) is 18.2 Å². The van der Waals surface area contributed by atoms with Crippen LogP contribution in [0.3, 0.4) is 0 Å². The molecule has 0 spiro atoms. The van der Waals surface area contributed by atoms with E-state index >= 15 is 0 Å². The molecule has 3 rings (SSSR count). The first-order valence-corrected chi connectivity index (χ1v) is 7.68. The number of hydrogen-bond acceptors (Lipinski definition) is 4. The fourth-order valence-electron chi connectivity index (χ4n) is 2.92.